The molecule has 2 bridgehead atoms. The second kappa shape index (κ2) is 5.06. The second-order valence-corrected chi connectivity index (χ2v) is 6.75. The molecule has 2 N–H and O–H groups in total. The van der Waals surface area contributed by atoms with Gasteiger partial charge in [0.15, 0.2) is 0 Å². The zero-order valence-corrected chi connectivity index (χ0v) is 12.2. The third kappa shape index (κ3) is 2.52. The molecule has 108 valence electrons. The highest BCUT2D eigenvalue weighted by atomic mass is 16.5. The average Bonchev–Trinajstić information content (AvgIpc) is 2.80. The molecule has 0 aromatic carbocycles. The zero-order chi connectivity index (χ0) is 13.6. The van der Waals surface area contributed by atoms with Crippen molar-refractivity contribution in [2.45, 2.75) is 76.8 Å². The quantitative estimate of drug-likeness (QED) is 0.795. The molecule has 3 heterocycles. The number of hydrogen-bond acceptors (Lipinski definition) is 3. The molecular formula is C15H26N2O2. The molecule has 0 spiro atoms. The van der Waals surface area contributed by atoms with Crippen LogP contribution in [0.15, 0.2) is 0 Å². The van der Waals surface area contributed by atoms with Crippen LogP contribution in [0.25, 0.3) is 0 Å². The summed E-state index contributed by atoms with van der Waals surface area (Å²) < 4.78 is 5.78. The third-order valence-corrected chi connectivity index (χ3v) is 5.36. The number of carbonyl (C=O) groups excluding carboxylic acids is 1. The van der Waals surface area contributed by atoms with E-state index >= 15 is 0 Å². The van der Waals surface area contributed by atoms with Crippen molar-refractivity contribution >= 4 is 5.91 Å². The van der Waals surface area contributed by atoms with Gasteiger partial charge in [-0.25, -0.2) is 0 Å². The summed E-state index contributed by atoms with van der Waals surface area (Å²) in [6, 6.07) is 1.61. The molecular weight excluding hydrogens is 240 g/mol. The number of rotatable bonds is 2. The molecule has 0 aromatic rings. The molecule has 19 heavy (non-hydrogen) atoms. The Balaban J connectivity index is 1.59. The Kier molecular flexibility index (Phi) is 3.56. The van der Waals surface area contributed by atoms with Crippen molar-refractivity contribution < 1.29 is 9.53 Å². The second-order valence-electron chi connectivity index (χ2n) is 6.75. The molecule has 3 aliphatic rings. The fourth-order valence-corrected chi connectivity index (χ4v) is 4.19. The summed E-state index contributed by atoms with van der Waals surface area (Å²) in [6.07, 6.45) is 4.96. The van der Waals surface area contributed by atoms with Crippen LogP contribution >= 0.6 is 0 Å². The van der Waals surface area contributed by atoms with Gasteiger partial charge in [-0.15, -0.1) is 0 Å². The average molecular weight is 266 g/mol. The lowest BCUT2D eigenvalue weighted by atomic mass is 9.88. The molecule has 3 rings (SSSR count). The van der Waals surface area contributed by atoms with E-state index in [1.165, 1.54) is 12.8 Å². The molecule has 1 amide bonds. The number of fused-ring (bicyclic) bond motifs is 2. The van der Waals surface area contributed by atoms with E-state index in [2.05, 4.69) is 24.5 Å². The minimum atomic E-state index is 0.0162. The Morgan fingerprint density at radius 1 is 1.11 bits per heavy atom. The maximum absolute atomic E-state index is 12.5. The van der Waals surface area contributed by atoms with Crippen LogP contribution in [0.5, 0.6) is 0 Å². The molecule has 3 saturated heterocycles. The maximum Gasteiger partial charge on any atom is 0.226 e. The first-order valence-corrected chi connectivity index (χ1v) is 7.76. The number of ether oxygens (including phenoxy) is 1. The van der Waals surface area contributed by atoms with E-state index in [4.69, 9.17) is 4.74 Å². The van der Waals surface area contributed by atoms with Crippen molar-refractivity contribution in [3.63, 3.8) is 0 Å². The van der Waals surface area contributed by atoms with E-state index in [1.54, 1.807) is 0 Å². The monoisotopic (exact) mass is 266 g/mol. The molecule has 6 atom stereocenters. The minimum Gasteiger partial charge on any atom is -0.374 e. The van der Waals surface area contributed by atoms with Gasteiger partial charge >= 0.3 is 0 Å². The first-order valence-electron chi connectivity index (χ1n) is 7.76. The highest BCUT2D eigenvalue weighted by Crippen LogP contribution is 2.33. The number of piperidine rings is 1. The Bertz CT molecular complexity index is 348. The Morgan fingerprint density at radius 2 is 1.74 bits per heavy atom. The van der Waals surface area contributed by atoms with Crippen LogP contribution in [-0.4, -0.2) is 36.2 Å². The van der Waals surface area contributed by atoms with E-state index < -0.39 is 0 Å². The molecule has 0 saturated carbocycles. The molecule has 4 heteroatoms. The number of hydrogen-bond donors (Lipinski definition) is 2. The third-order valence-electron chi connectivity index (χ3n) is 5.36. The highest BCUT2D eigenvalue weighted by molar-refractivity contribution is 5.80. The number of carbonyl (C=O) groups is 1. The first-order chi connectivity index (χ1) is 9.04. The van der Waals surface area contributed by atoms with Gasteiger partial charge in [-0.05, 0) is 45.4 Å². The Hall–Kier alpha value is -0.610. The van der Waals surface area contributed by atoms with Crippen molar-refractivity contribution in [2.75, 3.05) is 0 Å². The van der Waals surface area contributed by atoms with Crippen molar-refractivity contribution in [3.05, 3.63) is 0 Å². The number of nitrogens with one attached hydrogen (secondary N) is 2. The van der Waals surface area contributed by atoms with Gasteiger partial charge in [-0.3, -0.25) is 4.79 Å². The van der Waals surface area contributed by atoms with Crippen LogP contribution in [-0.2, 0) is 9.53 Å². The van der Waals surface area contributed by atoms with E-state index in [9.17, 15) is 4.79 Å². The van der Waals surface area contributed by atoms with Gasteiger partial charge in [0.2, 0.25) is 5.91 Å². The predicted molar refractivity (Wildman–Crippen MR) is 73.8 cm³/mol. The van der Waals surface area contributed by atoms with Gasteiger partial charge in [-0.2, -0.15) is 0 Å². The number of amides is 1. The summed E-state index contributed by atoms with van der Waals surface area (Å²) in [5.41, 5.74) is 0. The summed E-state index contributed by atoms with van der Waals surface area (Å²) >= 11 is 0. The summed E-state index contributed by atoms with van der Waals surface area (Å²) in [5, 5.41) is 6.90. The van der Waals surface area contributed by atoms with E-state index in [1.807, 2.05) is 6.92 Å². The van der Waals surface area contributed by atoms with Crippen molar-refractivity contribution in [2.24, 2.45) is 11.8 Å². The largest absolute Gasteiger partial charge is 0.374 e. The lowest BCUT2D eigenvalue weighted by Gasteiger charge is -2.31. The summed E-state index contributed by atoms with van der Waals surface area (Å²) in [4.78, 5) is 12.5. The van der Waals surface area contributed by atoms with Crippen LogP contribution in [0.1, 0.15) is 46.5 Å². The lowest BCUT2D eigenvalue weighted by molar-refractivity contribution is -0.128. The molecule has 0 radical (unpaired) electrons. The van der Waals surface area contributed by atoms with Crippen LogP contribution in [0.4, 0.5) is 0 Å². The Morgan fingerprint density at radius 3 is 2.26 bits per heavy atom. The molecule has 0 aromatic heterocycles. The SMILES string of the molecule is CC1OC(C)C(C(=O)NC2CC3CCC(C2)N3)C1C. The van der Waals surface area contributed by atoms with Crippen molar-refractivity contribution in [1.82, 2.24) is 10.6 Å². The van der Waals surface area contributed by atoms with E-state index in [0.717, 1.165) is 12.8 Å². The molecule has 3 aliphatic heterocycles. The van der Waals surface area contributed by atoms with Crippen LogP contribution in [0.3, 0.4) is 0 Å². The van der Waals surface area contributed by atoms with E-state index in [-0.39, 0.29) is 24.0 Å². The normalized spacial score (nSPS) is 49.3. The standard InChI is InChI=1S/C15H26N2O2/c1-8-9(2)19-10(3)14(8)15(18)17-13-6-11-4-5-12(7-13)16-11/h8-14,16H,4-7H2,1-3H3,(H,17,18). The summed E-state index contributed by atoms with van der Waals surface area (Å²) in [7, 11) is 0. The van der Waals surface area contributed by atoms with Crippen molar-refractivity contribution in [3.8, 4) is 0 Å². The highest BCUT2D eigenvalue weighted by Gasteiger charge is 2.43. The minimum absolute atomic E-state index is 0.0162. The smallest absolute Gasteiger partial charge is 0.226 e. The predicted octanol–water partition coefficient (Wildman–Crippen LogP) is 1.45. The van der Waals surface area contributed by atoms with Gasteiger partial charge in [0.25, 0.3) is 0 Å². The topological polar surface area (TPSA) is 50.4 Å². The molecule has 6 unspecified atom stereocenters. The van der Waals surface area contributed by atoms with Gasteiger partial charge in [-0.1, -0.05) is 6.92 Å². The van der Waals surface area contributed by atoms with Gasteiger partial charge < -0.3 is 15.4 Å². The Labute approximate surface area is 115 Å². The van der Waals surface area contributed by atoms with Gasteiger partial charge in [0.05, 0.1) is 18.1 Å². The maximum atomic E-state index is 12.5. The molecule has 4 nitrogen and oxygen atoms in total. The van der Waals surface area contributed by atoms with Gasteiger partial charge in [0, 0.05) is 18.1 Å². The molecule has 0 aliphatic carbocycles. The molecule has 3 fully saturated rings. The van der Waals surface area contributed by atoms with Gasteiger partial charge in [0.1, 0.15) is 0 Å². The zero-order valence-electron chi connectivity index (χ0n) is 12.2. The van der Waals surface area contributed by atoms with Crippen molar-refractivity contribution in [1.29, 1.82) is 0 Å². The summed E-state index contributed by atoms with van der Waals surface area (Å²) in [6.45, 7) is 6.22. The van der Waals surface area contributed by atoms with E-state index in [0.29, 0.717) is 24.0 Å². The lowest BCUT2D eigenvalue weighted by Crippen LogP contribution is -2.50. The van der Waals surface area contributed by atoms with Crippen LogP contribution < -0.4 is 10.6 Å². The van der Waals surface area contributed by atoms with Crippen LogP contribution in [0, 0.1) is 11.8 Å². The fraction of sp³-hybridized carbons (Fsp3) is 0.933. The fourth-order valence-electron chi connectivity index (χ4n) is 4.19. The summed E-state index contributed by atoms with van der Waals surface area (Å²) in [5.74, 6) is 0.534. The first kappa shape index (κ1) is 13.4. The van der Waals surface area contributed by atoms with Crippen LogP contribution in [0.2, 0.25) is 0 Å².